The lowest BCUT2D eigenvalue weighted by molar-refractivity contribution is 0.139. The molecule has 4 rings (SSSR count). The summed E-state index contributed by atoms with van der Waals surface area (Å²) >= 11 is 0. The molecule has 1 fully saturated rings. The molecule has 0 aliphatic carbocycles. The summed E-state index contributed by atoms with van der Waals surface area (Å²) in [5.41, 5.74) is 1.48. The van der Waals surface area contributed by atoms with Gasteiger partial charge in [0, 0.05) is 24.4 Å². The van der Waals surface area contributed by atoms with Crippen molar-refractivity contribution in [1.29, 1.82) is 0 Å². The van der Waals surface area contributed by atoms with Crippen LogP contribution >= 0.6 is 0 Å². The molecular weight excluding hydrogens is 365 g/mol. The molecule has 2 aromatic heterocycles. The topological polar surface area (TPSA) is 98.1 Å². The van der Waals surface area contributed by atoms with Gasteiger partial charge in [-0.05, 0) is 47.2 Å². The number of carbonyl (C=O) groups is 1. The predicted octanol–water partition coefficient (Wildman–Crippen LogP) is 2.89. The summed E-state index contributed by atoms with van der Waals surface area (Å²) < 4.78 is 21.4. The van der Waals surface area contributed by atoms with Crippen molar-refractivity contribution >= 4 is 23.5 Å². The number of ether oxygens (including phenoxy) is 1. The fourth-order valence-electron chi connectivity index (χ4n) is 2.93. The number of rotatable bonds is 5. The lowest BCUT2D eigenvalue weighted by atomic mass is 10.1. The fourth-order valence-corrected chi connectivity index (χ4v) is 2.93. The summed E-state index contributed by atoms with van der Waals surface area (Å²) in [6, 6.07) is 8.13. The summed E-state index contributed by atoms with van der Waals surface area (Å²) in [5.74, 6) is 0.535. The quantitative estimate of drug-likeness (QED) is 0.723. The third kappa shape index (κ3) is 3.36. The van der Waals surface area contributed by atoms with Crippen molar-refractivity contribution < 1.29 is 13.9 Å². The molecule has 0 bridgehead atoms. The van der Waals surface area contributed by atoms with Crippen LogP contribution in [0.4, 0.5) is 26.6 Å². The Morgan fingerprint density at radius 3 is 2.79 bits per heavy atom. The lowest BCUT2D eigenvalue weighted by Crippen LogP contribution is -2.24. The number of benzene rings is 1. The summed E-state index contributed by atoms with van der Waals surface area (Å²) in [6.45, 7) is 2.37. The van der Waals surface area contributed by atoms with E-state index in [4.69, 9.17) is 4.74 Å². The van der Waals surface area contributed by atoms with Crippen LogP contribution in [0.15, 0.2) is 36.5 Å². The van der Waals surface area contributed by atoms with Gasteiger partial charge in [0.05, 0.1) is 12.2 Å². The molecule has 1 atom stereocenters. The zero-order chi connectivity index (χ0) is 19.7. The van der Waals surface area contributed by atoms with Gasteiger partial charge in [0.2, 0.25) is 5.95 Å². The van der Waals surface area contributed by atoms with Crippen LogP contribution in [0.2, 0.25) is 0 Å². The molecular formula is C18H18FN7O2. The number of anilines is 3. The van der Waals surface area contributed by atoms with Gasteiger partial charge >= 0.3 is 6.09 Å². The minimum Gasteiger partial charge on any atom is -0.444 e. The fraction of sp³-hybridized carbons (Fsp3) is 0.278. The van der Waals surface area contributed by atoms with E-state index in [-0.39, 0.29) is 6.10 Å². The molecule has 10 heteroatoms. The molecule has 144 valence electrons. The summed E-state index contributed by atoms with van der Waals surface area (Å²) in [7, 11) is 1.70. The second-order valence-electron chi connectivity index (χ2n) is 6.37. The standard InChI is InChI=1S/C18H18FN7O2/c1-3-13-10-26(18(27)28-13)12-5-6-14(15(19)8-12)11-4-7-16(20-9-11)21-17-22-23-24-25(17)2/h4-9,13H,3,10H2,1-2H3,(H,20,21,22,24)/t13-/m0/s1. The number of tetrazole rings is 1. The third-order valence-corrected chi connectivity index (χ3v) is 4.53. The Balaban J connectivity index is 1.53. The smallest absolute Gasteiger partial charge is 0.414 e. The average Bonchev–Trinajstić information content (AvgIpc) is 3.28. The van der Waals surface area contributed by atoms with Crippen molar-refractivity contribution in [3.63, 3.8) is 0 Å². The molecule has 0 saturated carbocycles. The van der Waals surface area contributed by atoms with Crippen LogP contribution in [0.1, 0.15) is 13.3 Å². The Hall–Kier alpha value is -3.56. The van der Waals surface area contributed by atoms with Gasteiger partial charge in [0.15, 0.2) is 0 Å². The first-order valence-electron chi connectivity index (χ1n) is 8.78. The number of nitrogens with one attached hydrogen (secondary N) is 1. The SMILES string of the molecule is CC[C@H]1CN(c2ccc(-c3ccc(Nc4nnnn4C)nc3)c(F)c2)C(=O)O1. The third-order valence-electron chi connectivity index (χ3n) is 4.53. The largest absolute Gasteiger partial charge is 0.444 e. The number of carbonyl (C=O) groups excluding carboxylic acids is 1. The second kappa shape index (κ2) is 7.22. The Morgan fingerprint density at radius 1 is 1.32 bits per heavy atom. The number of aromatic nitrogens is 5. The molecule has 9 nitrogen and oxygen atoms in total. The van der Waals surface area contributed by atoms with Crippen LogP contribution in [0.3, 0.4) is 0 Å². The van der Waals surface area contributed by atoms with Crippen LogP contribution < -0.4 is 10.2 Å². The van der Waals surface area contributed by atoms with E-state index >= 15 is 0 Å². The van der Waals surface area contributed by atoms with E-state index in [0.29, 0.717) is 35.1 Å². The van der Waals surface area contributed by atoms with E-state index in [1.807, 2.05) is 6.92 Å². The molecule has 0 unspecified atom stereocenters. The van der Waals surface area contributed by atoms with E-state index in [1.54, 1.807) is 37.5 Å². The number of aryl methyl sites for hydroxylation is 1. The molecule has 3 heterocycles. The number of pyridine rings is 1. The van der Waals surface area contributed by atoms with E-state index in [0.717, 1.165) is 6.42 Å². The Bertz CT molecular complexity index is 1010. The monoisotopic (exact) mass is 383 g/mol. The number of nitrogens with zero attached hydrogens (tertiary/aromatic N) is 6. The van der Waals surface area contributed by atoms with Crippen molar-refractivity contribution in [1.82, 2.24) is 25.2 Å². The van der Waals surface area contributed by atoms with E-state index in [2.05, 4.69) is 25.8 Å². The molecule has 1 amide bonds. The molecule has 0 spiro atoms. The van der Waals surface area contributed by atoms with Crippen molar-refractivity contribution in [2.45, 2.75) is 19.4 Å². The zero-order valence-corrected chi connectivity index (χ0v) is 15.3. The van der Waals surface area contributed by atoms with Crippen molar-refractivity contribution in [2.75, 3.05) is 16.8 Å². The highest BCUT2D eigenvalue weighted by molar-refractivity contribution is 5.90. The van der Waals surface area contributed by atoms with Crippen LogP contribution in [-0.4, -0.2) is 43.9 Å². The van der Waals surface area contributed by atoms with Crippen LogP contribution in [0.5, 0.6) is 0 Å². The number of hydrogen-bond acceptors (Lipinski definition) is 7. The zero-order valence-electron chi connectivity index (χ0n) is 15.3. The average molecular weight is 383 g/mol. The van der Waals surface area contributed by atoms with Gasteiger partial charge in [0.1, 0.15) is 17.7 Å². The number of amides is 1. The van der Waals surface area contributed by atoms with Gasteiger partial charge in [-0.2, -0.15) is 0 Å². The maximum absolute atomic E-state index is 14.7. The molecule has 0 radical (unpaired) electrons. The lowest BCUT2D eigenvalue weighted by Gasteiger charge is -2.14. The highest BCUT2D eigenvalue weighted by Crippen LogP contribution is 2.29. The van der Waals surface area contributed by atoms with Crippen LogP contribution in [0, 0.1) is 5.82 Å². The number of halogens is 1. The molecule has 28 heavy (non-hydrogen) atoms. The molecule has 1 saturated heterocycles. The van der Waals surface area contributed by atoms with Crippen LogP contribution in [-0.2, 0) is 11.8 Å². The van der Waals surface area contributed by atoms with Gasteiger partial charge in [-0.15, -0.1) is 0 Å². The van der Waals surface area contributed by atoms with E-state index in [1.165, 1.54) is 15.6 Å². The van der Waals surface area contributed by atoms with E-state index < -0.39 is 11.9 Å². The normalized spacial score (nSPS) is 16.3. The minimum atomic E-state index is -0.450. The minimum absolute atomic E-state index is 0.163. The van der Waals surface area contributed by atoms with Crippen molar-refractivity contribution in [3.05, 3.63) is 42.3 Å². The summed E-state index contributed by atoms with van der Waals surface area (Å²) in [5, 5.41) is 14.1. The summed E-state index contributed by atoms with van der Waals surface area (Å²) in [4.78, 5) is 17.7. The summed E-state index contributed by atoms with van der Waals surface area (Å²) in [6.07, 6.45) is 1.67. The number of hydrogen-bond donors (Lipinski definition) is 1. The first kappa shape index (κ1) is 17.8. The first-order valence-corrected chi connectivity index (χ1v) is 8.78. The maximum atomic E-state index is 14.7. The van der Waals surface area contributed by atoms with Crippen molar-refractivity contribution in [2.24, 2.45) is 7.05 Å². The first-order chi connectivity index (χ1) is 13.5. The molecule has 1 aliphatic heterocycles. The Kier molecular flexibility index (Phi) is 4.60. The molecule has 3 aromatic rings. The van der Waals surface area contributed by atoms with Crippen molar-refractivity contribution in [3.8, 4) is 11.1 Å². The Labute approximate surface area is 160 Å². The molecule has 1 aliphatic rings. The van der Waals surface area contributed by atoms with Gasteiger partial charge < -0.3 is 10.1 Å². The van der Waals surface area contributed by atoms with Crippen LogP contribution in [0.25, 0.3) is 11.1 Å². The van der Waals surface area contributed by atoms with Gasteiger partial charge in [-0.25, -0.2) is 18.9 Å². The molecule has 1 N–H and O–H groups in total. The highest BCUT2D eigenvalue weighted by atomic mass is 19.1. The predicted molar refractivity (Wildman–Crippen MR) is 99.6 cm³/mol. The van der Waals surface area contributed by atoms with Gasteiger partial charge in [-0.3, -0.25) is 4.90 Å². The highest BCUT2D eigenvalue weighted by Gasteiger charge is 2.31. The second-order valence-corrected chi connectivity index (χ2v) is 6.37. The Morgan fingerprint density at radius 2 is 2.18 bits per heavy atom. The van der Waals surface area contributed by atoms with Gasteiger partial charge in [0.25, 0.3) is 0 Å². The van der Waals surface area contributed by atoms with Gasteiger partial charge in [-0.1, -0.05) is 12.0 Å². The maximum Gasteiger partial charge on any atom is 0.414 e. The molecule has 1 aromatic carbocycles. The number of cyclic esters (lactones) is 1. The van der Waals surface area contributed by atoms with E-state index in [9.17, 15) is 9.18 Å².